The van der Waals surface area contributed by atoms with Gasteiger partial charge < -0.3 is 0 Å². The minimum Gasteiger partial charge on any atom is -0.296 e. The summed E-state index contributed by atoms with van der Waals surface area (Å²) in [4.78, 5) is 4.40. The Hall–Kier alpha value is -3.25. The van der Waals surface area contributed by atoms with Gasteiger partial charge in [-0.2, -0.15) is 10.2 Å². The van der Waals surface area contributed by atoms with Crippen LogP contribution in [0, 0.1) is 0 Å². The molecule has 3 aromatic carbocycles. The van der Waals surface area contributed by atoms with Gasteiger partial charge >= 0.3 is 0 Å². The normalized spacial score (nSPS) is 19.3. The highest BCUT2D eigenvalue weighted by Gasteiger charge is 2.11. The summed E-state index contributed by atoms with van der Waals surface area (Å²) in [5.41, 5.74) is 8.49. The lowest BCUT2D eigenvalue weighted by Crippen LogP contribution is -2.33. The fourth-order valence-corrected chi connectivity index (χ4v) is 4.12. The molecule has 2 heterocycles. The Labute approximate surface area is 176 Å². The fraction of sp³-hybridized carbons (Fsp3) is 0.292. The van der Waals surface area contributed by atoms with Gasteiger partial charge in [0.25, 0.3) is 0 Å². The molecule has 1 atom stereocenters. The van der Waals surface area contributed by atoms with Gasteiger partial charge in [0.05, 0.1) is 18.6 Å². The molecule has 0 aromatic heterocycles. The molecule has 2 aliphatic heterocycles. The summed E-state index contributed by atoms with van der Waals surface area (Å²) in [6.07, 6.45) is 8.49. The first-order chi connectivity index (χ1) is 14.9. The molecule has 6 heteroatoms. The summed E-state index contributed by atoms with van der Waals surface area (Å²) < 4.78 is 0. The lowest BCUT2D eigenvalue weighted by Gasteiger charge is -2.10. The van der Waals surface area contributed by atoms with Gasteiger partial charge in [0.2, 0.25) is 0 Å². The predicted octanol–water partition coefficient (Wildman–Crippen LogP) is 3.74. The van der Waals surface area contributed by atoms with E-state index >= 15 is 0 Å². The Morgan fingerprint density at radius 3 is 2.30 bits per heavy atom. The van der Waals surface area contributed by atoms with Crippen LogP contribution in [0.15, 0.2) is 63.7 Å². The summed E-state index contributed by atoms with van der Waals surface area (Å²) in [6, 6.07) is 17.1. The van der Waals surface area contributed by atoms with Crippen LogP contribution in [0.4, 0.5) is 0 Å². The van der Waals surface area contributed by atoms with Crippen LogP contribution in [-0.4, -0.2) is 37.5 Å². The Morgan fingerprint density at radius 2 is 1.67 bits per heavy atom. The molecular weight excluding hydrogens is 372 g/mol. The molecule has 152 valence electrons. The molecule has 0 bridgehead atoms. The van der Waals surface area contributed by atoms with E-state index in [9.17, 15) is 0 Å². The molecule has 3 N–H and O–H groups in total. The number of hydrogen-bond acceptors (Lipinski definition) is 6. The summed E-state index contributed by atoms with van der Waals surface area (Å²) in [5, 5.41) is 17.0. The van der Waals surface area contributed by atoms with E-state index in [-0.39, 0.29) is 6.17 Å². The minimum atomic E-state index is 0.280. The number of hydrazone groups is 2. The predicted molar refractivity (Wildman–Crippen MR) is 125 cm³/mol. The van der Waals surface area contributed by atoms with Crippen molar-refractivity contribution >= 4 is 39.8 Å². The average molecular weight is 399 g/mol. The van der Waals surface area contributed by atoms with Crippen molar-refractivity contribution in [3.8, 4) is 0 Å². The summed E-state index contributed by atoms with van der Waals surface area (Å²) in [7, 11) is 0. The quantitative estimate of drug-likeness (QED) is 0.348. The molecule has 5 rings (SSSR count). The topological polar surface area (TPSA) is 73.2 Å². The van der Waals surface area contributed by atoms with E-state index in [4.69, 9.17) is 0 Å². The highest BCUT2D eigenvalue weighted by atomic mass is 15.4. The van der Waals surface area contributed by atoms with Gasteiger partial charge in [0.15, 0.2) is 0 Å². The summed E-state index contributed by atoms with van der Waals surface area (Å²) in [6.45, 7) is 1.96. The number of nitrogens with zero attached hydrogens (tertiary/aromatic N) is 3. The highest BCUT2D eigenvalue weighted by Crippen LogP contribution is 2.26. The van der Waals surface area contributed by atoms with Crippen molar-refractivity contribution in [1.82, 2.24) is 16.2 Å². The first kappa shape index (κ1) is 18.8. The van der Waals surface area contributed by atoms with Crippen molar-refractivity contribution in [3.05, 3.63) is 59.7 Å². The maximum absolute atomic E-state index is 4.47. The molecule has 2 aliphatic rings. The zero-order chi connectivity index (χ0) is 20.2. The Bertz CT molecular complexity index is 1140. The van der Waals surface area contributed by atoms with Crippen molar-refractivity contribution in [1.29, 1.82) is 0 Å². The summed E-state index contributed by atoms with van der Waals surface area (Å²) in [5.74, 6) is 0.974. The lowest BCUT2D eigenvalue weighted by atomic mass is 9.97. The van der Waals surface area contributed by atoms with Crippen LogP contribution in [0.3, 0.4) is 0 Å². The van der Waals surface area contributed by atoms with Gasteiger partial charge in [-0.15, -0.1) is 0 Å². The van der Waals surface area contributed by atoms with Gasteiger partial charge in [-0.05, 0) is 59.5 Å². The second kappa shape index (κ2) is 8.63. The van der Waals surface area contributed by atoms with E-state index in [1.807, 2.05) is 12.4 Å². The number of rotatable bonds is 5. The number of aliphatic imine (C=N–C) groups is 1. The Morgan fingerprint density at radius 1 is 0.933 bits per heavy atom. The van der Waals surface area contributed by atoms with Crippen LogP contribution in [0.25, 0.3) is 21.5 Å². The maximum atomic E-state index is 4.47. The standard InChI is InChI=1S/C24H26N6/c1-5-17-13-22-18(6-2-8-20(22)16-28-30-24-10-4-12-26-24)14-21(17)19(7-1)15-27-29-23-9-3-11-25-23/h1-2,5-8,13-16,23,25,29H,3-4,9-12H2,(H,26,30)/b27-15+,28-16+. The van der Waals surface area contributed by atoms with Crippen LogP contribution in [0.1, 0.15) is 36.8 Å². The first-order valence-electron chi connectivity index (χ1n) is 10.7. The maximum Gasteiger partial charge on any atom is 0.117 e. The van der Waals surface area contributed by atoms with Crippen molar-refractivity contribution < 1.29 is 0 Å². The number of benzene rings is 3. The van der Waals surface area contributed by atoms with E-state index in [2.05, 4.69) is 79.9 Å². The van der Waals surface area contributed by atoms with Gasteiger partial charge in [0.1, 0.15) is 5.84 Å². The smallest absolute Gasteiger partial charge is 0.117 e. The van der Waals surface area contributed by atoms with Gasteiger partial charge in [-0.25, -0.2) is 0 Å². The average Bonchev–Trinajstić information content (AvgIpc) is 3.47. The Balaban J connectivity index is 1.44. The van der Waals surface area contributed by atoms with Gasteiger partial charge in [-0.3, -0.25) is 21.2 Å². The molecule has 1 unspecified atom stereocenters. The second-order valence-corrected chi connectivity index (χ2v) is 7.83. The van der Waals surface area contributed by atoms with Gasteiger partial charge in [-0.1, -0.05) is 36.4 Å². The molecular formula is C24H26N6. The zero-order valence-corrected chi connectivity index (χ0v) is 16.9. The minimum absolute atomic E-state index is 0.280. The molecule has 1 fully saturated rings. The molecule has 6 nitrogen and oxygen atoms in total. The number of hydrogen-bond donors (Lipinski definition) is 3. The second-order valence-electron chi connectivity index (χ2n) is 7.83. The Kier molecular flexibility index (Phi) is 5.40. The molecule has 3 aromatic rings. The molecule has 30 heavy (non-hydrogen) atoms. The van der Waals surface area contributed by atoms with E-state index < -0.39 is 0 Å². The van der Waals surface area contributed by atoms with Crippen LogP contribution >= 0.6 is 0 Å². The number of amidine groups is 1. The van der Waals surface area contributed by atoms with Crippen LogP contribution < -0.4 is 16.2 Å². The first-order valence-corrected chi connectivity index (χ1v) is 10.7. The number of fused-ring (bicyclic) bond motifs is 2. The van der Waals surface area contributed by atoms with Crippen molar-refractivity contribution in [2.75, 3.05) is 13.1 Å². The van der Waals surface area contributed by atoms with E-state index in [0.717, 1.165) is 49.3 Å². The third-order valence-electron chi connectivity index (χ3n) is 5.71. The number of nitrogens with one attached hydrogen (secondary N) is 3. The van der Waals surface area contributed by atoms with Crippen molar-refractivity contribution in [2.45, 2.75) is 31.8 Å². The molecule has 0 saturated carbocycles. The van der Waals surface area contributed by atoms with Crippen LogP contribution in [0.5, 0.6) is 0 Å². The van der Waals surface area contributed by atoms with Gasteiger partial charge in [0, 0.05) is 24.1 Å². The van der Waals surface area contributed by atoms with Crippen LogP contribution in [-0.2, 0) is 0 Å². The molecule has 0 spiro atoms. The largest absolute Gasteiger partial charge is 0.296 e. The summed E-state index contributed by atoms with van der Waals surface area (Å²) >= 11 is 0. The SMILES string of the molecule is C(=N\NC1=NCCC1)/c1cccc2cc3c(/C=N/NC4CCCN4)cccc3cc12. The molecule has 0 amide bonds. The van der Waals surface area contributed by atoms with Crippen LogP contribution in [0.2, 0.25) is 0 Å². The zero-order valence-electron chi connectivity index (χ0n) is 16.9. The molecule has 0 aliphatic carbocycles. The third kappa shape index (κ3) is 4.04. The van der Waals surface area contributed by atoms with Crippen molar-refractivity contribution in [3.63, 3.8) is 0 Å². The van der Waals surface area contributed by atoms with Crippen molar-refractivity contribution in [2.24, 2.45) is 15.2 Å². The monoisotopic (exact) mass is 398 g/mol. The van der Waals surface area contributed by atoms with E-state index in [1.165, 1.54) is 28.0 Å². The third-order valence-corrected chi connectivity index (χ3v) is 5.71. The highest BCUT2D eigenvalue weighted by molar-refractivity contribution is 6.10. The molecule has 0 radical (unpaired) electrons. The van der Waals surface area contributed by atoms with E-state index in [1.54, 1.807) is 0 Å². The van der Waals surface area contributed by atoms with E-state index in [0.29, 0.717) is 0 Å². The fourth-order valence-electron chi connectivity index (χ4n) is 4.12. The lowest BCUT2D eigenvalue weighted by molar-refractivity contribution is 0.502. The molecule has 1 saturated heterocycles.